The van der Waals surface area contributed by atoms with E-state index in [-0.39, 0.29) is 40.8 Å². The molecule has 7 atom stereocenters. The quantitative estimate of drug-likeness (QED) is 0.349. The summed E-state index contributed by atoms with van der Waals surface area (Å²) in [6.45, 7) is 7.97. The first kappa shape index (κ1) is 23.3. The van der Waals surface area contributed by atoms with Gasteiger partial charge in [0.25, 0.3) is 0 Å². The number of carbonyl (C=O) groups excluding carboxylic acids is 3. The minimum Gasteiger partial charge on any atom is -0.466 e. The Labute approximate surface area is 191 Å². The number of hydrogen-bond donors (Lipinski definition) is 0. The molecule has 0 amide bonds. The van der Waals surface area contributed by atoms with E-state index in [4.69, 9.17) is 14.2 Å². The van der Waals surface area contributed by atoms with Gasteiger partial charge in [0, 0.05) is 25.7 Å². The first-order valence-electron chi connectivity index (χ1n) is 12.4. The SMILES string of the molecule is CCOC(=O)[C@@H]1CC[C@@H]2[C@H]3CC=C4C[C@@H](OC(C)=O)CC[C@]4(COC(C)=O)[C@@H]3CC[C@]21C. The molecular formula is C26H38O6. The Kier molecular flexibility index (Phi) is 6.43. The summed E-state index contributed by atoms with van der Waals surface area (Å²) in [5.41, 5.74) is 1.12. The summed E-state index contributed by atoms with van der Waals surface area (Å²) in [4.78, 5) is 36.0. The minimum absolute atomic E-state index is 0.0112. The van der Waals surface area contributed by atoms with Gasteiger partial charge < -0.3 is 14.2 Å². The molecule has 0 heterocycles. The van der Waals surface area contributed by atoms with Gasteiger partial charge in [-0.15, -0.1) is 0 Å². The van der Waals surface area contributed by atoms with Gasteiger partial charge in [0.1, 0.15) is 12.7 Å². The molecule has 0 saturated heterocycles. The van der Waals surface area contributed by atoms with E-state index in [0.29, 0.717) is 31.0 Å². The third kappa shape index (κ3) is 3.88. The van der Waals surface area contributed by atoms with Crippen molar-refractivity contribution in [3.8, 4) is 0 Å². The topological polar surface area (TPSA) is 78.9 Å². The van der Waals surface area contributed by atoms with Crippen molar-refractivity contribution >= 4 is 17.9 Å². The van der Waals surface area contributed by atoms with E-state index >= 15 is 0 Å². The first-order valence-corrected chi connectivity index (χ1v) is 12.4. The van der Waals surface area contributed by atoms with E-state index in [0.717, 1.165) is 51.4 Å². The Morgan fingerprint density at radius 1 is 1.00 bits per heavy atom. The summed E-state index contributed by atoms with van der Waals surface area (Å²) < 4.78 is 16.7. The van der Waals surface area contributed by atoms with E-state index in [2.05, 4.69) is 13.0 Å². The molecule has 4 rings (SSSR count). The third-order valence-corrected chi connectivity index (χ3v) is 9.22. The van der Waals surface area contributed by atoms with Crippen molar-refractivity contribution < 1.29 is 28.6 Å². The first-order chi connectivity index (χ1) is 15.2. The molecule has 3 saturated carbocycles. The van der Waals surface area contributed by atoms with Gasteiger partial charge in [0.05, 0.1) is 12.5 Å². The molecule has 0 N–H and O–H groups in total. The lowest BCUT2D eigenvalue weighted by molar-refractivity contribution is -0.160. The smallest absolute Gasteiger partial charge is 0.309 e. The molecule has 0 aliphatic heterocycles. The van der Waals surface area contributed by atoms with Gasteiger partial charge in [0.15, 0.2) is 0 Å². The predicted molar refractivity (Wildman–Crippen MR) is 118 cm³/mol. The molecule has 4 aliphatic rings. The fourth-order valence-corrected chi connectivity index (χ4v) is 7.89. The van der Waals surface area contributed by atoms with Crippen LogP contribution < -0.4 is 0 Å². The minimum atomic E-state index is -0.244. The normalized spacial score (nSPS) is 40.2. The maximum Gasteiger partial charge on any atom is 0.309 e. The Morgan fingerprint density at radius 2 is 1.78 bits per heavy atom. The number of rotatable bonds is 5. The number of carbonyl (C=O) groups is 3. The van der Waals surface area contributed by atoms with E-state index in [9.17, 15) is 14.4 Å². The van der Waals surface area contributed by atoms with Crippen LogP contribution in [0.1, 0.15) is 79.1 Å². The number of allylic oxidation sites excluding steroid dienone is 1. The van der Waals surface area contributed by atoms with Crippen LogP contribution in [0, 0.1) is 34.5 Å². The monoisotopic (exact) mass is 446 g/mol. The Balaban J connectivity index is 1.62. The van der Waals surface area contributed by atoms with Gasteiger partial charge in [-0.1, -0.05) is 18.6 Å². The maximum absolute atomic E-state index is 12.7. The van der Waals surface area contributed by atoms with Crippen LogP contribution in [0.15, 0.2) is 11.6 Å². The second-order valence-corrected chi connectivity index (χ2v) is 10.7. The summed E-state index contributed by atoms with van der Waals surface area (Å²) in [5, 5.41) is 0. The molecule has 6 heteroatoms. The van der Waals surface area contributed by atoms with E-state index < -0.39 is 0 Å². The van der Waals surface area contributed by atoms with Crippen LogP contribution in [0.5, 0.6) is 0 Å². The highest BCUT2D eigenvalue weighted by molar-refractivity contribution is 5.74. The lowest BCUT2D eigenvalue weighted by atomic mass is 9.47. The van der Waals surface area contributed by atoms with Gasteiger partial charge in [0.2, 0.25) is 0 Å². The Bertz CT molecular complexity index is 802. The molecule has 0 radical (unpaired) electrons. The zero-order valence-corrected chi connectivity index (χ0v) is 20.0. The molecule has 0 aromatic carbocycles. The van der Waals surface area contributed by atoms with Gasteiger partial charge in [-0.05, 0) is 75.0 Å². The van der Waals surface area contributed by atoms with Crippen LogP contribution in [-0.4, -0.2) is 37.2 Å². The summed E-state index contributed by atoms with van der Waals surface area (Å²) in [7, 11) is 0. The standard InChI is InChI=1S/C26H38O6/c1-5-30-24(29)23-9-8-21-20-7-6-18-14-19(32-17(3)28)10-13-26(18,15-31-16(2)27)22(20)11-12-25(21,23)4/h6,19-23H,5,7-15H2,1-4H3/t19-,20+,21+,22+,23-,25+,26+/m0/s1. The summed E-state index contributed by atoms with van der Waals surface area (Å²) in [6, 6.07) is 0. The summed E-state index contributed by atoms with van der Waals surface area (Å²) in [6.07, 6.45) is 9.66. The largest absolute Gasteiger partial charge is 0.466 e. The summed E-state index contributed by atoms with van der Waals surface area (Å²) >= 11 is 0. The highest BCUT2D eigenvalue weighted by atomic mass is 16.5. The molecule has 6 nitrogen and oxygen atoms in total. The highest BCUT2D eigenvalue weighted by Crippen LogP contribution is 2.66. The van der Waals surface area contributed by atoms with Crippen LogP contribution in [0.25, 0.3) is 0 Å². The van der Waals surface area contributed by atoms with Gasteiger partial charge in [-0.25, -0.2) is 0 Å². The van der Waals surface area contributed by atoms with Crippen molar-refractivity contribution in [1.29, 1.82) is 0 Å². The molecule has 4 aliphatic carbocycles. The van der Waals surface area contributed by atoms with Gasteiger partial charge >= 0.3 is 17.9 Å². The van der Waals surface area contributed by atoms with Crippen molar-refractivity contribution in [2.45, 2.75) is 85.2 Å². The number of esters is 3. The molecule has 0 bridgehead atoms. The van der Waals surface area contributed by atoms with Crippen molar-refractivity contribution in [1.82, 2.24) is 0 Å². The van der Waals surface area contributed by atoms with E-state index in [1.54, 1.807) is 0 Å². The van der Waals surface area contributed by atoms with Crippen molar-refractivity contribution in [3.63, 3.8) is 0 Å². The van der Waals surface area contributed by atoms with Crippen molar-refractivity contribution in [2.75, 3.05) is 13.2 Å². The Morgan fingerprint density at radius 3 is 2.47 bits per heavy atom. The van der Waals surface area contributed by atoms with Crippen LogP contribution in [0.4, 0.5) is 0 Å². The number of fused-ring (bicyclic) bond motifs is 5. The fourth-order valence-electron chi connectivity index (χ4n) is 7.89. The number of hydrogen-bond acceptors (Lipinski definition) is 6. The summed E-state index contributed by atoms with van der Waals surface area (Å²) in [5.74, 6) is 0.876. The fraction of sp³-hybridized carbons (Fsp3) is 0.808. The molecule has 178 valence electrons. The van der Waals surface area contributed by atoms with Gasteiger partial charge in [-0.3, -0.25) is 14.4 Å². The van der Waals surface area contributed by atoms with Crippen LogP contribution in [0.3, 0.4) is 0 Å². The lowest BCUT2D eigenvalue weighted by Crippen LogP contribution is -2.54. The van der Waals surface area contributed by atoms with Crippen LogP contribution in [0.2, 0.25) is 0 Å². The number of ether oxygens (including phenoxy) is 3. The second kappa shape index (κ2) is 8.83. The van der Waals surface area contributed by atoms with Crippen molar-refractivity contribution in [3.05, 3.63) is 11.6 Å². The molecule has 0 unspecified atom stereocenters. The highest BCUT2D eigenvalue weighted by Gasteiger charge is 2.61. The van der Waals surface area contributed by atoms with Gasteiger partial charge in [-0.2, -0.15) is 0 Å². The maximum atomic E-state index is 12.7. The van der Waals surface area contributed by atoms with Crippen molar-refractivity contribution in [2.24, 2.45) is 34.5 Å². The van der Waals surface area contributed by atoms with Crippen LogP contribution >= 0.6 is 0 Å². The second-order valence-electron chi connectivity index (χ2n) is 10.7. The molecule has 3 fully saturated rings. The molecule has 0 aromatic rings. The average Bonchev–Trinajstić information content (AvgIpc) is 3.09. The van der Waals surface area contributed by atoms with E-state index in [1.807, 2.05) is 6.92 Å². The molecular weight excluding hydrogens is 408 g/mol. The van der Waals surface area contributed by atoms with E-state index in [1.165, 1.54) is 19.4 Å². The third-order valence-electron chi connectivity index (χ3n) is 9.22. The molecule has 0 spiro atoms. The average molecular weight is 447 g/mol. The molecule has 32 heavy (non-hydrogen) atoms. The zero-order chi connectivity index (χ0) is 23.1. The lowest BCUT2D eigenvalue weighted by Gasteiger charge is -2.58. The van der Waals surface area contributed by atoms with Crippen LogP contribution in [-0.2, 0) is 28.6 Å². The predicted octanol–water partition coefficient (Wildman–Crippen LogP) is 4.60. The molecule has 0 aromatic heterocycles. The Hall–Kier alpha value is -1.85. The zero-order valence-electron chi connectivity index (χ0n) is 20.0.